The van der Waals surface area contributed by atoms with Gasteiger partial charge >= 0.3 is 0 Å². The molecule has 2 aliphatic rings. The smallest absolute Gasteiger partial charge is 0.260 e. The summed E-state index contributed by atoms with van der Waals surface area (Å²) in [6.07, 6.45) is 2.21. The largest absolute Gasteiger partial charge is 0.379 e. The summed E-state index contributed by atoms with van der Waals surface area (Å²) in [5, 5.41) is 23.5. The zero-order chi connectivity index (χ0) is 17.7. The van der Waals surface area contributed by atoms with Crippen LogP contribution in [0.15, 0.2) is 33.7 Å². The minimum absolute atomic E-state index is 0.0759. The number of nitriles is 1. The van der Waals surface area contributed by atoms with E-state index in [2.05, 4.69) is 10.1 Å². The molecule has 0 radical (unpaired) electrons. The van der Waals surface area contributed by atoms with Crippen molar-refractivity contribution in [3.8, 4) is 6.07 Å². The molecule has 1 aliphatic heterocycles. The summed E-state index contributed by atoms with van der Waals surface area (Å²) >= 11 is 0. The van der Waals surface area contributed by atoms with Gasteiger partial charge in [0.1, 0.15) is 0 Å². The van der Waals surface area contributed by atoms with Crippen molar-refractivity contribution >= 4 is 10.0 Å². The zero-order valence-electron chi connectivity index (χ0n) is 13.3. The van der Waals surface area contributed by atoms with Gasteiger partial charge in [-0.2, -0.15) is 14.6 Å². The van der Waals surface area contributed by atoms with Crippen molar-refractivity contribution in [3.05, 3.63) is 41.5 Å². The minimum atomic E-state index is -3.77. The van der Waals surface area contributed by atoms with Crippen LogP contribution in [0.5, 0.6) is 0 Å². The lowest BCUT2D eigenvalue weighted by molar-refractivity contribution is 0.0194. The molecule has 2 fully saturated rings. The quantitative estimate of drug-likeness (QED) is 0.866. The van der Waals surface area contributed by atoms with Gasteiger partial charge in [0, 0.05) is 18.9 Å². The van der Waals surface area contributed by atoms with E-state index in [9.17, 15) is 13.5 Å². The van der Waals surface area contributed by atoms with Crippen LogP contribution in [-0.4, -0.2) is 41.1 Å². The van der Waals surface area contributed by atoms with Crippen LogP contribution in [0.3, 0.4) is 0 Å². The molecule has 0 spiro atoms. The molecular formula is C16H16N4O4S. The fourth-order valence-electron chi connectivity index (χ4n) is 2.92. The van der Waals surface area contributed by atoms with Gasteiger partial charge in [-0.1, -0.05) is 5.16 Å². The Kier molecular flexibility index (Phi) is 3.64. The molecule has 1 atom stereocenters. The highest BCUT2D eigenvalue weighted by molar-refractivity contribution is 7.89. The number of hydrogen-bond donors (Lipinski definition) is 1. The summed E-state index contributed by atoms with van der Waals surface area (Å²) in [6, 6.07) is 7.64. The molecule has 1 saturated carbocycles. The van der Waals surface area contributed by atoms with Crippen molar-refractivity contribution in [2.24, 2.45) is 0 Å². The van der Waals surface area contributed by atoms with Crippen LogP contribution in [0.2, 0.25) is 0 Å². The van der Waals surface area contributed by atoms with Gasteiger partial charge in [0.2, 0.25) is 10.0 Å². The van der Waals surface area contributed by atoms with Crippen molar-refractivity contribution < 1.29 is 18.0 Å². The lowest BCUT2D eigenvalue weighted by atomic mass is 10.0. The van der Waals surface area contributed by atoms with Gasteiger partial charge < -0.3 is 9.63 Å². The lowest BCUT2D eigenvalue weighted by Crippen LogP contribution is -2.34. The number of hydrogen-bond acceptors (Lipinski definition) is 7. The Bertz CT molecular complexity index is 943. The van der Waals surface area contributed by atoms with E-state index in [1.54, 1.807) is 0 Å². The molecule has 8 nitrogen and oxygen atoms in total. The third-order valence-corrected chi connectivity index (χ3v) is 6.48. The molecule has 25 heavy (non-hydrogen) atoms. The third-order valence-electron chi connectivity index (χ3n) is 4.62. The van der Waals surface area contributed by atoms with Gasteiger partial charge in [0.25, 0.3) is 5.89 Å². The highest BCUT2D eigenvalue weighted by Crippen LogP contribution is 2.40. The molecule has 0 unspecified atom stereocenters. The van der Waals surface area contributed by atoms with Gasteiger partial charge in [-0.05, 0) is 37.1 Å². The number of β-amino-alcohol motifs (C(OH)–C–C–N with tert-alkyl or cyclic N) is 1. The number of aromatic nitrogens is 2. The Morgan fingerprint density at radius 2 is 2.04 bits per heavy atom. The fraction of sp³-hybridized carbons (Fsp3) is 0.438. The van der Waals surface area contributed by atoms with E-state index in [4.69, 9.17) is 9.78 Å². The van der Waals surface area contributed by atoms with Crippen molar-refractivity contribution in [3.63, 3.8) is 0 Å². The summed E-state index contributed by atoms with van der Waals surface area (Å²) in [7, 11) is -3.77. The summed E-state index contributed by atoms with van der Waals surface area (Å²) in [5.41, 5.74) is -1.09. The summed E-state index contributed by atoms with van der Waals surface area (Å²) in [6.45, 7) is 0.0155. The maximum absolute atomic E-state index is 12.7. The lowest BCUT2D eigenvalue weighted by Gasteiger charge is -2.19. The molecule has 0 bridgehead atoms. The number of nitrogens with zero attached hydrogens (tertiary/aromatic N) is 4. The third kappa shape index (κ3) is 2.82. The normalized spacial score (nSPS) is 24.3. The van der Waals surface area contributed by atoms with Crippen LogP contribution in [0.25, 0.3) is 0 Å². The summed E-state index contributed by atoms with van der Waals surface area (Å²) in [5.74, 6) is 0.949. The Balaban J connectivity index is 1.56. The van der Waals surface area contributed by atoms with E-state index in [1.165, 1.54) is 28.6 Å². The van der Waals surface area contributed by atoms with Gasteiger partial charge in [-0.15, -0.1) is 0 Å². The van der Waals surface area contributed by atoms with Gasteiger partial charge in [0.05, 0.1) is 23.1 Å². The first-order valence-electron chi connectivity index (χ1n) is 7.99. The first-order chi connectivity index (χ1) is 11.9. The van der Waals surface area contributed by atoms with Crippen LogP contribution >= 0.6 is 0 Å². The topological polar surface area (TPSA) is 120 Å². The Labute approximate surface area is 144 Å². The van der Waals surface area contributed by atoms with Gasteiger partial charge in [0.15, 0.2) is 11.4 Å². The Morgan fingerprint density at radius 3 is 2.68 bits per heavy atom. The molecule has 130 valence electrons. The van der Waals surface area contributed by atoms with Crippen molar-refractivity contribution in [2.45, 2.75) is 35.7 Å². The van der Waals surface area contributed by atoms with Crippen LogP contribution < -0.4 is 0 Å². The molecule has 2 aromatic rings. The van der Waals surface area contributed by atoms with Crippen molar-refractivity contribution in [1.29, 1.82) is 5.26 Å². The molecule has 0 amide bonds. The molecule has 4 rings (SSSR count). The highest BCUT2D eigenvalue weighted by atomic mass is 32.2. The standard InChI is InChI=1S/C16H16N4O4S/c17-9-11-1-5-13(6-2-11)25(22,23)20-8-7-16(21,10-20)15-18-14(19-24-15)12-3-4-12/h1-2,5-6,12,21H,3-4,7-8,10H2/t16-/m0/s1. The van der Waals surface area contributed by atoms with Crippen molar-refractivity contribution in [1.82, 2.24) is 14.4 Å². The van der Waals surface area contributed by atoms with Crippen LogP contribution in [-0.2, 0) is 15.6 Å². The van der Waals surface area contributed by atoms with Crippen LogP contribution in [0.1, 0.15) is 42.5 Å². The molecule has 1 N–H and O–H groups in total. The van der Waals surface area contributed by atoms with Crippen LogP contribution in [0.4, 0.5) is 0 Å². The summed E-state index contributed by atoms with van der Waals surface area (Å²) in [4.78, 5) is 4.34. The first-order valence-corrected chi connectivity index (χ1v) is 9.43. The molecule has 1 aromatic heterocycles. The Morgan fingerprint density at radius 1 is 1.32 bits per heavy atom. The second-order valence-corrected chi connectivity index (χ2v) is 8.43. The monoisotopic (exact) mass is 360 g/mol. The first kappa shape index (κ1) is 16.2. The van der Waals surface area contributed by atoms with E-state index in [1.807, 2.05) is 6.07 Å². The number of aliphatic hydroxyl groups is 1. The SMILES string of the molecule is N#Cc1ccc(S(=O)(=O)N2CC[C@@](O)(c3nc(C4CC4)no3)C2)cc1. The average Bonchev–Trinajstić information content (AvgIpc) is 3.18. The minimum Gasteiger partial charge on any atom is -0.379 e. The fourth-order valence-corrected chi connectivity index (χ4v) is 4.41. The highest BCUT2D eigenvalue weighted by Gasteiger charge is 2.47. The van der Waals surface area contributed by atoms with Gasteiger partial charge in [-0.3, -0.25) is 0 Å². The second kappa shape index (κ2) is 5.62. The second-order valence-electron chi connectivity index (χ2n) is 6.49. The molecule has 1 saturated heterocycles. The molecule has 9 heteroatoms. The molecule has 1 aliphatic carbocycles. The number of sulfonamides is 1. The Hall–Kier alpha value is -2.28. The summed E-state index contributed by atoms with van der Waals surface area (Å²) < 4.78 is 31.9. The average molecular weight is 360 g/mol. The maximum atomic E-state index is 12.7. The molecular weight excluding hydrogens is 344 g/mol. The zero-order valence-corrected chi connectivity index (χ0v) is 14.1. The van der Waals surface area contributed by atoms with E-state index < -0.39 is 15.6 Å². The predicted octanol–water partition coefficient (Wildman–Crippen LogP) is 1.10. The molecule has 2 heterocycles. The predicted molar refractivity (Wildman–Crippen MR) is 84.7 cm³/mol. The van der Waals surface area contributed by atoms with E-state index >= 15 is 0 Å². The number of benzene rings is 1. The maximum Gasteiger partial charge on any atom is 0.260 e. The van der Waals surface area contributed by atoms with Gasteiger partial charge in [-0.25, -0.2) is 8.42 Å². The van der Waals surface area contributed by atoms with E-state index in [0.717, 1.165) is 12.8 Å². The van der Waals surface area contributed by atoms with E-state index in [0.29, 0.717) is 17.3 Å². The number of rotatable bonds is 4. The van der Waals surface area contributed by atoms with Crippen LogP contribution in [0, 0.1) is 11.3 Å². The van der Waals surface area contributed by atoms with Crippen molar-refractivity contribution in [2.75, 3.05) is 13.1 Å². The molecule has 1 aromatic carbocycles. The van der Waals surface area contributed by atoms with E-state index in [-0.39, 0.29) is 30.3 Å².